The first-order valence-corrected chi connectivity index (χ1v) is 6.69. The fourth-order valence-electron chi connectivity index (χ4n) is 2.06. The van der Waals surface area contributed by atoms with Crippen LogP contribution in [0.2, 0.25) is 0 Å². The number of carboxylic acids is 1. The highest BCUT2D eigenvalue weighted by Crippen LogP contribution is 2.34. The number of carboxylic acid groups (broad SMARTS) is 1. The molecule has 0 aliphatic rings. The van der Waals surface area contributed by atoms with E-state index in [1.165, 1.54) is 0 Å². The highest BCUT2D eigenvalue weighted by atomic mass is 16.5. The van der Waals surface area contributed by atoms with Gasteiger partial charge in [0.15, 0.2) is 11.5 Å². The standard InChI is InChI=1S/C15H23NO5/c1-9(2)14(15(17)18)16-8-10-6-12(20-4)13(21-5)7-11(10)19-3/h6-7,9,14,16H,8H2,1-5H3,(H,17,18)/t14-/m1/s1. The van der Waals surface area contributed by atoms with Crippen molar-refractivity contribution in [2.75, 3.05) is 21.3 Å². The van der Waals surface area contributed by atoms with Crippen molar-refractivity contribution in [3.8, 4) is 17.2 Å². The number of ether oxygens (including phenoxy) is 3. The van der Waals surface area contributed by atoms with Gasteiger partial charge in [0, 0.05) is 18.2 Å². The number of benzene rings is 1. The predicted octanol–water partition coefficient (Wildman–Crippen LogP) is 1.91. The molecule has 0 unspecified atom stereocenters. The van der Waals surface area contributed by atoms with Gasteiger partial charge in [-0.05, 0) is 12.0 Å². The second-order valence-corrected chi connectivity index (χ2v) is 4.96. The van der Waals surface area contributed by atoms with Crippen LogP contribution in [0.1, 0.15) is 19.4 Å². The Bertz CT molecular complexity index is 487. The van der Waals surface area contributed by atoms with Crippen LogP contribution < -0.4 is 19.5 Å². The summed E-state index contributed by atoms with van der Waals surface area (Å²) >= 11 is 0. The molecule has 0 aromatic heterocycles. The Labute approximate surface area is 125 Å². The normalized spacial score (nSPS) is 12.1. The van der Waals surface area contributed by atoms with Gasteiger partial charge in [-0.15, -0.1) is 0 Å². The zero-order chi connectivity index (χ0) is 16.0. The van der Waals surface area contributed by atoms with E-state index in [1.54, 1.807) is 33.5 Å². The third-order valence-corrected chi connectivity index (χ3v) is 3.23. The van der Waals surface area contributed by atoms with E-state index in [4.69, 9.17) is 14.2 Å². The van der Waals surface area contributed by atoms with Crippen molar-refractivity contribution in [3.05, 3.63) is 17.7 Å². The van der Waals surface area contributed by atoms with Crippen molar-refractivity contribution in [1.29, 1.82) is 0 Å². The Kier molecular flexibility index (Phi) is 6.30. The molecule has 0 aliphatic carbocycles. The SMILES string of the molecule is COc1cc(OC)c(OC)cc1CN[C@@H](C(=O)O)C(C)C. The van der Waals surface area contributed by atoms with E-state index in [-0.39, 0.29) is 5.92 Å². The van der Waals surface area contributed by atoms with Gasteiger partial charge in [0.25, 0.3) is 0 Å². The van der Waals surface area contributed by atoms with E-state index >= 15 is 0 Å². The highest BCUT2D eigenvalue weighted by Gasteiger charge is 2.21. The second-order valence-electron chi connectivity index (χ2n) is 4.96. The molecule has 0 heterocycles. The van der Waals surface area contributed by atoms with Gasteiger partial charge in [-0.2, -0.15) is 0 Å². The Hall–Kier alpha value is -1.95. The summed E-state index contributed by atoms with van der Waals surface area (Å²) in [4.78, 5) is 11.2. The summed E-state index contributed by atoms with van der Waals surface area (Å²) in [6, 6.07) is 2.88. The van der Waals surface area contributed by atoms with Gasteiger partial charge in [0.2, 0.25) is 0 Å². The maximum Gasteiger partial charge on any atom is 0.320 e. The van der Waals surface area contributed by atoms with E-state index < -0.39 is 12.0 Å². The van der Waals surface area contributed by atoms with Crippen LogP contribution in [0, 0.1) is 5.92 Å². The molecule has 0 aliphatic heterocycles. The molecule has 1 aromatic rings. The topological polar surface area (TPSA) is 77.0 Å². The number of hydrogen-bond acceptors (Lipinski definition) is 5. The summed E-state index contributed by atoms with van der Waals surface area (Å²) < 4.78 is 15.8. The average molecular weight is 297 g/mol. The lowest BCUT2D eigenvalue weighted by Crippen LogP contribution is -2.40. The third-order valence-electron chi connectivity index (χ3n) is 3.23. The lowest BCUT2D eigenvalue weighted by Gasteiger charge is -2.20. The van der Waals surface area contributed by atoms with Gasteiger partial charge < -0.3 is 19.3 Å². The number of rotatable bonds is 8. The highest BCUT2D eigenvalue weighted by molar-refractivity contribution is 5.73. The van der Waals surface area contributed by atoms with Crippen LogP contribution in [0.4, 0.5) is 0 Å². The lowest BCUT2D eigenvalue weighted by atomic mass is 10.0. The van der Waals surface area contributed by atoms with Crippen LogP contribution in [0.3, 0.4) is 0 Å². The molecule has 1 aromatic carbocycles. The maximum absolute atomic E-state index is 11.2. The molecule has 0 bridgehead atoms. The molecular formula is C15H23NO5. The van der Waals surface area contributed by atoms with E-state index in [1.807, 2.05) is 13.8 Å². The summed E-state index contributed by atoms with van der Waals surface area (Å²) in [6.45, 7) is 4.08. The minimum absolute atomic E-state index is 0.0198. The predicted molar refractivity (Wildman–Crippen MR) is 79.2 cm³/mol. The quantitative estimate of drug-likeness (QED) is 0.763. The molecule has 0 saturated heterocycles. The molecule has 0 fully saturated rings. The Morgan fingerprint density at radius 3 is 2.05 bits per heavy atom. The average Bonchev–Trinajstić information content (AvgIpc) is 2.45. The summed E-state index contributed by atoms with van der Waals surface area (Å²) in [5.41, 5.74) is 0.807. The monoisotopic (exact) mass is 297 g/mol. The second kappa shape index (κ2) is 7.73. The molecule has 21 heavy (non-hydrogen) atoms. The van der Waals surface area contributed by atoms with E-state index in [0.717, 1.165) is 5.56 Å². The number of hydrogen-bond donors (Lipinski definition) is 2. The van der Waals surface area contributed by atoms with Crippen LogP contribution in [0.25, 0.3) is 0 Å². The minimum atomic E-state index is -0.871. The molecule has 6 heteroatoms. The van der Waals surface area contributed by atoms with Crippen molar-refractivity contribution in [2.45, 2.75) is 26.4 Å². The Morgan fingerprint density at radius 1 is 1.10 bits per heavy atom. The first-order chi connectivity index (χ1) is 9.94. The zero-order valence-corrected chi connectivity index (χ0v) is 13.1. The molecule has 1 rings (SSSR count). The van der Waals surface area contributed by atoms with Crippen molar-refractivity contribution < 1.29 is 24.1 Å². The first-order valence-electron chi connectivity index (χ1n) is 6.69. The molecule has 118 valence electrons. The molecule has 6 nitrogen and oxygen atoms in total. The number of methoxy groups -OCH3 is 3. The third kappa shape index (κ3) is 4.26. The fraction of sp³-hybridized carbons (Fsp3) is 0.533. The van der Waals surface area contributed by atoms with Gasteiger partial charge >= 0.3 is 5.97 Å². The van der Waals surface area contributed by atoms with Gasteiger partial charge in [-0.25, -0.2) is 0 Å². The Morgan fingerprint density at radius 2 is 1.62 bits per heavy atom. The number of carbonyl (C=O) groups is 1. The van der Waals surface area contributed by atoms with Crippen LogP contribution >= 0.6 is 0 Å². The van der Waals surface area contributed by atoms with E-state index in [2.05, 4.69) is 5.32 Å². The molecule has 0 amide bonds. The molecular weight excluding hydrogens is 274 g/mol. The first kappa shape index (κ1) is 17.1. The number of nitrogens with one attached hydrogen (secondary N) is 1. The molecule has 0 radical (unpaired) electrons. The van der Waals surface area contributed by atoms with Crippen molar-refractivity contribution in [1.82, 2.24) is 5.32 Å². The minimum Gasteiger partial charge on any atom is -0.496 e. The fourth-order valence-corrected chi connectivity index (χ4v) is 2.06. The van der Waals surface area contributed by atoms with Crippen LogP contribution in [0.5, 0.6) is 17.2 Å². The number of aliphatic carboxylic acids is 1. The van der Waals surface area contributed by atoms with Gasteiger partial charge in [0.1, 0.15) is 11.8 Å². The summed E-state index contributed by atoms with van der Waals surface area (Å²) in [7, 11) is 4.66. The molecule has 2 N–H and O–H groups in total. The van der Waals surface area contributed by atoms with Crippen LogP contribution in [0.15, 0.2) is 12.1 Å². The lowest BCUT2D eigenvalue weighted by molar-refractivity contribution is -0.140. The van der Waals surface area contributed by atoms with E-state index in [9.17, 15) is 9.90 Å². The Balaban J connectivity index is 2.98. The molecule has 0 saturated carbocycles. The van der Waals surface area contributed by atoms with E-state index in [0.29, 0.717) is 23.8 Å². The van der Waals surface area contributed by atoms with Crippen molar-refractivity contribution in [3.63, 3.8) is 0 Å². The van der Waals surface area contributed by atoms with Gasteiger partial charge in [-0.3, -0.25) is 10.1 Å². The summed E-state index contributed by atoms with van der Waals surface area (Å²) in [5, 5.41) is 12.2. The summed E-state index contributed by atoms with van der Waals surface area (Å²) in [6.07, 6.45) is 0. The smallest absolute Gasteiger partial charge is 0.320 e. The van der Waals surface area contributed by atoms with Crippen LogP contribution in [-0.4, -0.2) is 38.4 Å². The van der Waals surface area contributed by atoms with Gasteiger partial charge in [0.05, 0.1) is 21.3 Å². The van der Waals surface area contributed by atoms with Gasteiger partial charge in [-0.1, -0.05) is 13.8 Å². The zero-order valence-electron chi connectivity index (χ0n) is 13.1. The van der Waals surface area contributed by atoms with Crippen molar-refractivity contribution in [2.24, 2.45) is 5.92 Å². The summed E-state index contributed by atoms with van der Waals surface area (Å²) in [5.74, 6) is 0.870. The maximum atomic E-state index is 11.2. The van der Waals surface area contributed by atoms with Crippen molar-refractivity contribution >= 4 is 5.97 Å². The molecule has 1 atom stereocenters. The molecule has 0 spiro atoms. The van der Waals surface area contributed by atoms with Crippen LogP contribution in [-0.2, 0) is 11.3 Å². The largest absolute Gasteiger partial charge is 0.496 e.